The van der Waals surface area contributed by atoms with Gasteiger partial charge in [-0.05, 0) is 37.6 Å². The molecule has 2 nitrogen and oxygen atoms in total. The summed E-state index contributed by atoms with van der Waals surface area (Å²) in [5, 5.41) is 3.58. The molecule has 0 aliphatic carbocycles. The normalized spacial score (nSPS) is 15.4. The molecular formula is C14H31NO. The fourth-order valence-electron chi connectivity index (χ4n) is 2.03. The van der Waals surface area contributed by atoms with Crippen LogP contribution < -0.4 is 5.32 Å². The van der Waals surface area contributed by atoms with Crippen molar-refractivity contribution in [1.29, 1.82) is 0 Å². The average Bonchev–Trinajstić information content (AvgIpc) is 2.18. The number of ether oxygens (including phenoxy) is 1. The Morgan fingerprint density at radius 3 is 2.38 bits per heavy atom. The van der Waals surface area contributed by atoms with Crippen LogP contribution in [-0.4, -0.2) is 26.3 Å². The molecular weight excluding hydrogens is 198 g/mol. The highest BCUT2D eigenvalue weighted by Crippen LogP contribution is 2.26. The molecule has 1 unspecified atom stereocenters. The van der Waals surface area contributed by atoms with E-state index < -0.39 is 0 Å². The van der Waals surface area contributed by atoms with Gasteiger partial charge in [-0.1, -0.05) is 34.1 Å². The van der Waals surface area contributed by atoms with Crippen LogP contribution in [-0.2, 0) is 4.74 Å². The van der Waals surface area contributed by atoms with E-state index in [0.717, 1.165) is 32.2 Å². The van der Waals surface area contributed by atoms with E-state index in [-0.39, 0.29) is 0 Å². The van der Waals surface area contributed by atoms with Crippen LogP contribution in [0.2, 0.25) is 0 Å². The quantitative estimate of drug-likeness (QED) is 0.579. The fourth-order valence-corrected chi connectivity index (χ4v) is 2.03. The Morgan fingerprint density at radius 1 is 1.19 bits per heavy atom. The highest BCUT2D eigenvalue weighted by atomic mass is 16.5. The molecule has 0 fully saturated rings. The molecule has 16 heavy (non-hydrogen) atoms. The summed E-state index contributed by atoms with van der Waals surface area (Å²) < 4.78 is 5.48. The lowest BCUT2D eigenvalue weighted by Crippen LogP contribution is -2.34. The van der Waals surface area contributed by atoms with Crippen LogP contribution in [0.15, 0.2) is 0 Å². The molecule has 98 valence electrons. The van der Waals surface area contributed by atoms with E-state index in [2.05, 4.69) is 39.9 Å². The first-order valence-electron chi connectivity index (χ1n) is 6.82. The maximum atomic E-state index is 5.48. The van der Waals surface area contributed by atoms with Gasteiger partial charge in [0.1, 0.15) is 0 Å². The van der Waals surface area contributed by atoms with Gasteiger partial charge in [0.15, 0.2) is 0 Å². The van der Waals surface area contributed by atoms with Gasteiger partial charge in [-0.3, -0.25) is 0 Å². The summed E-state index contributed by atoms with van der Waals surface area (Å²) in [5.74, 6) is 0.734. The highest BCUT2D eigenvalue weighted by molar-refractivity contribution is 4.76. The third-order valence-corrected chi connectivity index (χ3v) is 3.01. The summed E-state index contributed by atoms with van der Waals surface area (Å²) in [6.45, 7) is 15.2. The molecule has 0 aromatic heterocycles. The predicted octanol–water partition coefficient (Wildman–Crippen LogP) is 3.47. The van der Waals surface area contributed by atoms with E-state index in [9.17, 15) is 0 Å². The Kier molecular flexibility index (Phi) is 8.96. The lowest BCUT2D eigenvalue weighted by molar-refractivity contribution is 0.103. The Bertz CT molecular complexity index is 159. The second kappa shape index (κ2) is 9.00. The molecule has 0 aromatic rings. The first-order valence-corrected chi connectivity index (χ1v) is 6.82. The Hall–Kier alpha value is -0.0800. The Morgan fingerprint density at radius 2 is 1.88 bits per heavy atom. The zero-order chi connectivity index (χ0) is 12.4. The van der Waals surface area contributed by atoms with Crippen molar-refractivity contribution >= 4 is 0 Å². The number of hydrogen-bond acceptors (Lipinski definition) is 2. The number of hydrogen-bond donors (Lipinski definition) is 1. The third-order valence-electron chi connectivity index (χ3n) is 3.01. The van der Waals surface area contributed by atoms with Crippen molar-refractivity contribution < 1.29 is 4.74 Å². The molecule has 1 atom stereocenters. The van der Waals surface area contributed by atoms with Crippen LogP contribution in [0.5, 0.6) is 0 Å². The molecule has 0 saturated heterocycles. The molecule has 0 heterocycles. The monoisotopic (exact) mass is 229 g/mol. The van der Waals surface area contributed by atoms with Crippen LogP contribution >= 0.6 is 0 Å². The molecule has 0 bridgehead atoms. The summed E-state index contributed by atoms with van der Waals surface area (Å²) in [7, 11) is 0. The van der Waals surface area contributed by atoms with Crippen molar-refractivity contribution in [1.82, 2.24) is 5.32 Å². The first kappa shape index (κ1) is 15.9. The van der Waals surface area contributed by atoms with Gasteiger partial charge in [0.05, 0.1) is 0 Å². The van der Waals surface area contributed by atoms with Gasteiger partial charge >= 0.3 is 0 Å². The van der Waals surface area contributed by atoms with Crippen molar-refractivity contribution in [3.05, 3.63) is 0 Å². The van der Waals surface area contributed by atoms with Crippen LogP contribution in [0.3, 0.4) is 0 Å². The molecule has 0 spiro atoms. The molecule has 0 radical (unpaired) electrons. The molecule has 0 amide bonds. The predicted molar refractivity (Wildman–Crippen MR) is 71.8 cm³/mol. The van der Waals surface area contributed by atoms with E-state index in [0.29, 0.717) is 5.41 Å². The van der Waals surface area contributed by atoms with Crippen LogP contribution in [0.4, 0.5) is 0 Å². The molecule has 0 aliphatic rings. The van der Waals surface area contributed by atoms with Gasteiger partial charge < -0.3 is 10.1 Å². The van der Waals surface area contributed by atoms with E-state index in [1.54, 1.807) is 0 Å². The van der Waals surface area contributed by atoms with Gasteiger partial charge in [0.2, 0.25) is 0 Å². The van der Waals surface area contributed by atoms with Crippen molar-refractivity contribution in [3.8, 4) is 0 Å². The molecule has 0 saturated carbocycles. The minimum absolute atomic E-state index is 0.402. The minimum atomic E-state index is 0.402. The van der Waals surface area contributed by atoms with Gasteiger partial charge in [0, 0.05) is 19.8 Å². The van der Waals surface area contributed by atoms with E-state index in [1.165, 1.54) is 19.3 Å². The topological polar surface area (TPSA) is 21.3 Å². The SMILES string of the molecule is CCCC(C)(CCOCC)CNCC(C)C. The largest absolute Gasteiger partial charge is 0.382 e. The Labute approximate surface area is 102 Å². The maximum Gasteiger partial charge on any atom is 0.0471 e. The molecule has 0 aliphatic heterocycles. The first-order chi connectivity index (χ1) is 7.54. The van der Waals surface area contributed by atoms with Crippen molar-refractivity contribution in [2.45, 2.75) is 53.9 Å². The molecule has 0 rings (SSSR count). The van der Waals surface area contributed by atoms with Crippen LogP contribution in [0.25, 0.3) is 0 Å². The highest BCUT2D eigenvalue weighted by Gasteiger charge is 2.22. The van der Waals surface area contributed by atoms with E-state index in [1.807, 2.05) is 0 Å². The van der Waals surface area contributed by atoms with Crippen molar-refractivity contribution in [3.63, 3.8) is 0 Å². The van der Waals surface area contributed by atoms with Crippen LogP contribution in [0, 0.1) is 11.3 Å². The number of rotatable bonds is 10. The average molecular weight is 229 g/mol. The summed E-state index contributed by atoms with van der Waals surface area (Å²) in [6, 6.07) is 0. The zero-order valence-electron chi connectivity index (χ0n) is 11.9. The maximum absolute atomic E-state index is 5.48. The van der Waals surface area contributed by atoms with Crippen molar-refractivity contribution in [2.75, 3.05) is 26.3 Å². The van der Waals surface area contributed by atoms with Gasteiger partial charge in [-0.15, -0.1) is 0 Å². The number of nitrogens with one attached hydrogen (secondary N) is 1. The standard InChI is InChI=1S/C14H31NO/c1-6-8-14(5,9-10-16-7-2)12-15-11-13(3)4/h13,15H,6-12H2,1-5H3. The Balaban J connectivity index is 3.90. The molecule has 0 aromatic carbocycles. The summed E-state index contributed by atoms with van der Waals surface area (Å²) in [6.07, 6.45) is 3.71. The zero-order valence-corrected chi connectivity index (χ0v) is 11.9. The fraction of sp³-hybridized carbons (Fsp3) is 1.00. The van der Waals surface area contributed by atoms with E-state index >= 15 is 0 Å². The van der Waals surface area contributed by atoms with Crippen LogP contribution in [0.1, 0.15) is 53.9 Å². The van der Waals surface area contributed by atoms with Gasteiger partial charge in [-0.25, -0.2) is 0 Å². The summed E-state index contributed by atoms with van der Waals surface area (Å²) >= 11 is 0. The molecule has 2 heteroatoms. The summed E-state index contributed by atoms with van der Waals surface area (Å²) in [5.41, 5.74) is 0.402. The second-order valence-corrected chi connectivity index (χ2v) is 5.53. The minimum Gasteiger partial charge on any atom is -0.382 e. The lowest BCUT2D eigenvalue weighted by Gasteiger charge is -2.30. The third kappa shape index (κ3) is 8.12. The van der Waals surface area contributed by atoms with Gasteiger partial charge in [0.25, 0.3) is 0 Å². The second-order valence-electron chi connectivity index (χ2n) is 5.53. The molecule has 1 N–H and O–H groups in total. The smallest absolute Gasteiger partial charge is 0.0471 e. The lowest BCUT2D eigenvalue weighted by atomic mass is 9.82. The van der Waals surface area contributed by atoms with Gasteiger partial charge in [-0.2, -0.15) is 0 Å². The van der Waals surface area contributed by atoms with Crippen molar-refractivity contribution in [2.24, 2.45) is 11.3 Å². The summed E-state index contributed by atoms with van der Waals surface area (Å²) in [4.78, 5) is 0. The van der Waals surface area contributed by atoms with E-state index in [4.69, 9.17) is 4.74 Å².